The molecule has 0 amide bonds. The summed E-state index contributed by atoms with van der Waals surface area (Å²) in [7, 11) is 1.78. The van der Waals surface area contributed by atoms with E-state index in [4.69, 9.17) is 4.74 Å². The summed E-state index contributed by atoms with van der Waals surface area (Å²) in [5, 5.41) is 3.69. The van der Waals surface area contributed by atoms with Gasteiger partial charge in [-0.2, -0.15) is 0 Å². The van der Waals surface area contributed by atoms with Crippen LogP contribution in [-0.2, 0) is 4.74 Å². The first-order valence-corrected chi connectivity index (χ1v) is 5.53. The summed E-state index contributed by atoms with van der Waals surface area (Å²) in [5.74, 6) is 0.853. The van der Waals surface area contributed by atoms with Crippen molar-refractivity contribution >= 4 is 0 Å². The molecule has 0 spiro atoms. The molecule has 1 rings (SSSR count). The van der Waals surface area contributed by atoms with Gasteiger partial charge < -0.3 is 10.1 Å². The van der Waals surface area contributed by atoms with Crippen LogP contribution >= 0.6 is 0 Å². The third kappa shape index (κ3) is 3.28. The quantitative estimate of drug-likeness (QED) is 0.709. The van der Waals surface area contributed by atoms with Crippen LogP contribution in [0.3, 0.4) is 0 Å². The summed E-state index contributed by atoms with van der Waals surface area (Å²) in [5.41, 5.74) is 0. The summed E-state index contributed by atoms with van der Waals surface area (Å²) in [6.45, 7) is 5.42. The third-order valence-electron chi connectivity index (χ3n) is 3.17. The summed E-state index contributed by atoms with van der Waals surface area (Å²) in [6, 6.07) is 1.29. The van der Waals surface area contributed by atoms with E-state index in [1.54, 1.807) is 7.11 Å². The van der Waals surface area contributed by atoms with Crippen LogP contribution in [0.25, 0.3) is 0 Å². The molecule has 1 aliphatic rings. The lowest BCUT2D eigenvalue weighted by Crippen LogP contribution is -2.41. The minimum absolute atomic E-state index is 0.551. The lowest BCUT2D eigenvalue weighted by atomic mass is 10.0. The first-order valence-electron chi connectivity index (χ1n) is 5.53. The molecule has 0 saturated heterocycles. The minimum Gasteiger partial charge on any atom is -0.383 e. The van der Waals surface area contributed by atoms with Gasteiger partial charge in [-0.25, -0.2) is 0 Å². The molecule has 3 atom stereocenters. The molecule has 0 bridgehead atoms. The molecule has 1 fully saturated rings. The highest BCUT2D eigenvalue weighted by Gasteiger charge is 2.24. The monoisotopic (exact) mass is 185 g/mol. The fraction of sp³-hybridized carbons (Fsp3) is 1.00. The van der Waals surface area contributed by atoms with E-state index in [-0.39, 0.29) is 0 Å². The second-order valence-corrected chi connectivity index (χ2v) is 4.24. The molecule has 0 aromatic rings. The average molecular weight is 185 g/mol. The van der Waals surface area contributed by atoms with Gasteiger partial charge in [0.15, 0.2) is 0 Å². The van der Waals surface area contributed by atoms with Crippen molar-refractivity contribution in [1.82, 2.24) is 5.32 Å². The van der Waals surface area contributed by atoms with Gasteiger partial charge in [-0.3, -0.25) is 0 Å². The van der Waals surface area contributed by atoms with Gasteiger partial charge in [0.05, 0.1) is 6.61 Å². The highest BCUT2D eigenvalue weighted by atomic mass is 16.5. The van der Waals surface area contributed by atoms with Gasteiger partial charge in [0.25, 0.3) is 0 Å². The van der Waals surface area contributed by atoms with Gasteiger partial charge in [-0.1, -0.05) is 20.3 Å². The van der Waals surface area contributed by atoms with E-state index in [9.17, 15) is 0 Å². The third-order valence-corrected chi connectivity index (χ3v) is 3.17. The summed E-state index contributed by atoms with van der Waals surface area (Å²) in [4.78, 5) is 0. The standard InChI is InChI=1S/C11H23NO/c1-4-10(8-13-3)12-11-7-5-6-9(11)2/h9-12H,4-8H2,1-3H3/t9-,10-,11+/m1/s1. The van der Waals surface area contributed by atoms with Crippen LogP contribution in [0, 0.1) is 5.92 Å². The van der Waals surface area contributed by atoms with Crippen LogP contribution in [0.15, 0.2) is 0 Å². The molecular weight excluding hydrogens is 162 g/mol. The molecule has 1 saturated carbocycles. The fourth-order valence-corrected chi connectivity index (χ4v) is 2.18. The van der Waals surface area contributed by atoms with Gasteiger partial charge >= 0.3 is 0 Å². The fourth-order valence-electron chi connectivity index (χ4n) is 2.18. The van der Waals surface area contributed by atoms with Gasteiger partial charge in [0, 0.05) is 19.2 Å². The average Bonchev–Trinajstić information content (AvgIpc) is 2.51. The Bertz CT molecular complexity index is 138. The van der Waals surface area contributed by atoms with Crippen molar-refractivity contribution in [1.29, 1.82) is 0 Å². The Labute approximate surface area is 82.0 Å². The minimum atomic E-state index is 0.551. The van der Waals surface area contributed by atoms with Crippen molar-refractivity contribution in [2.45, 2.75) is 51.6 Å². The molecule has 0 unspecified atom stereocenters. The first-order chi connectivity index (χ1) is 6.27. The highest BCUT2D eigenvalue weighted by Crippen LogP contribution is 2.25. The Morgan fingerprint density at radius 2 is 2.23 bits per heavy atom. The van der Waals surface area contributed by atoms with Gasteiger partial charge in [-0.15, -0.1) is 0 Å². The largest absolute Gasteiger partial charge is 0.383 e. The molecule has 13 heavy (non-hydrogen) atoms. The Kier molecular flexibility index (Phi) is 4.74. The smallest absolute Gasteiger partial charge is 0.0615 e. The number of hydrogen-bond donors (Lipinski definition) is 1. The zero-order valence-corrected chi connectivity index (χ0v) is 9.18. The second kappa shape index (κ2) is 5.61. The summed E-state index contributed by atoms with van der Waals surface area (Å²) < 4.78 is 5.18. The van der Waals surface area contributed by atoms with Gasteiger partial charge in [0.2, 0.25) is 0 Å². The number of hydrogen-bond acceptors (Lipinski definition) is 2. The van der Waals surface area contributed by atoms with E-state index in [2.05, 4.69) is 19.2 Å². The van der Waals surface area contributed by atoms with Crippen LogP contribution in [0.2, 0.25) is 0 Å². The molecule has 2 nitrogen and oxygen atoms in total. The molecule has 0 radical (unpaired) electrons. The van der Waals surface area contributed by atoms with E-state index in [0.29, 0.717) is 6.04 Å². The number of ether oxygens (including phenoxy) is 1. The Morgan fingerprint density at radius 1 is 1.46 bits per heavy atom. The predicted molar refractivity (Wildman–Crippen MR) is 55.9 cm³/mol. The molecule has 1 N–H and O–H groups in total. The van der Waals surface area contributed by atoms with Crippen LogP contribution in [0.4, 0.5) is 0 Å². The zero-order chi connectivity index (χ0) is 9.68. The first kappa shape index (κ1) is 11.0. The topological polar surface area (TPSA) is 21.3 Å². The molecule has 78 valence electrons. The summed E-state index contributed by atoms with van der Waals surface area (Å²) in [6.07, 6.45) is 5.29. The molecule has 0 aromatic heterocycles. The van der Waals surface area contributed by atoms with Crippen LogP contribution in [-0.4, -0.2) is 25.8 Å². The second-order valence-electron chi connectivity index (χ2n) is 4.24. The maximum absolute atomic E-state index is 5.18. The number of nitrogens with one attached hydrogen (secondary N) is 1. The number of methoxy groups -OCH3 is 1. The Balaban J connectivity index is 2.27. The predicted octanol–water partition coefficient (Wildman–Crippen LogP) is 2.19. The highest BCUT2D eigenvalue weighted by molar-refractivity contribution is 4.82. The van der Waals surface area contributed by atoms with Crippen molar-refractivity contribution in [3.05, 3.63) is 0 Å². The Hall–Kier alpha value is -0.0800. The molecular formula is C11H23NO. The van der Waals surface area contributed by atoms with Crippen molar-refractivity contribution < 1.29 is 4.74 Å². The number of rotatable bonds is 5. The van der Waals surface area contributed by atoms with Crippen molar-refractivity contribution in [2.75, 3.05) is 13.7 Å². The molecule has 0 aliphatic heterocycles. The molecule has 0 heterocycles. The van der Waals surface area contributed by atoms with Crippen molar-refractivity contribution in [3.8, 4) is 0 Å². The van der Waals surface area contributed by atoms with Crippen LogP contribution in [0.5, 0.6) is 0 Å². The molecule has 2 heteroatoms. The lowest BCUT2D eigenvalue weighted by molar-refractivity contribution is 0.155. The molecule has 0 aromatic carbocycles. The maximum Gasteiger partial charge on any atom is 0.0615 e. The van der Waals surface area contributed by atoms with E-state index in [1.807, 2.05) is 0 Å². The van der Waals surface area contributed by atoms with Gasteiger partial charge in [0.1, 0.15) is 0 Å². The van der Waals surface area contributed by atoms with Crippen molar-refractivity contribution in [3.63, 3.8) is 0 Å². The SMILES string of the molecule is CC[C@H](COC)N[C@H]1CCC[C@H]1C. The maximum atomic E-state index is 5.18. The zero-order valence-electron chi connectivity index (χ0n) is 9.18. The van der Waals surface area contributed by atoms with Crippen LogP contribution < -0.4 is 5.32 Å². The normalized spacial score (nSPS) is 30.7. The molecule has 1 aliphatic carbocycles. The van der Waals surface area contributed by atoms with Crippen molar-refractivity contribution in [2.24, 2.45) is 5.92 Å². The lowest BCUT2D eigenvalue weighted by Gasteiger charge is -2.24. The van der Waals surface area contributed by atoms with E-state index >= 15 is 0 Å². The van der Waals surface area contributed by atoms with E-state index in [1.165, 1.54) is 19.3 Å². The Morgan fingerprint density at radius 3 is 2.69 bits per heavy atom. The van der Waals surface area contributed by atoms with E-state index in [0.717, 1.165) is 25.0 Å². The van der Waals surface area contributed by atoms with Crippen LogP contribution in [0.1, 0.15) is 39.5 Å². The van der Waals surface area contributed by atoms with E-state index < -0.39 is 0 Å². The van der Waals surface area contributed by atoms with Gasteiger partial charge in [-0.05, 0) is 25.2 Å². The summed E-state index contributed by atoms with van der Waals surface area (Å²) >= 11 is 0.